The molecular weight excluding hydrogens is 288 g/mol. The van der Waals surface area contributed by atoms with Crippen LogP contribution in [0.15, 0.2) is 36.7 Å². The minimum absolute atomic E-state index is 0.178. The zero-order valence-corrected chi connectivity index (χ0v) is 13.4. The van der Waals surface area contributed by atoms with Gasteiger partial charge in [0.05, 0.1) is 30.3 Å². The van der Waals surface area contributed by atoms with Crippen LogP contribution < -0.4 is 0 Å². The average molecular weight is 312 g/mol. The van der Waals surface area contributed by atoms with Crippen molar-refractivity contribution in [1.82, 2.24) is 9.55 Å². The minimum atomic E-state index is -0.244. The maximum Gasteiger partial charge on any atom is 0.0959 e. The third kappa shape index (κ3) is 2.93. The first-order valence-corrected chi connectivity index (χ1v) is 8.73. The Bertz CT molecular complexity index is 649. The molecule has 2 unspecified atom stereocenters. The topological polar surface area (TPSA) is 47.3 Å². The molecule has 3 atom stereocenters. The standard InChI is InChI=1S/C19H24N2O2/c22-18-8-4-7-16(18)21-13-20-19(14-5-2-1-3-6-14)17(21)10-9-15-11-12-23-15/h1-3,5-6,13,15-16,18,22H,4,7-12H2/t15?,16?,18-/m0/s1. The molecule has 1 aliphatic carbocycles. The van der Waals surface area contributed by atoms with Gasteiger partial charge in [-0.15, -0.1) is 0 Å². The lowest BCUT2D eigenvalue weighted by Crippen LogP contribution is -2.28. The van der Waals surface area contributed by atoms with E-state index in [2.05, 4.69) is 28.8 Å². The molecule has 1 N–H and O–H groups in total. The second-order valence-corrected chi connectivity index (χ2v) is 6.70. The van der Waals surface area contributed by atoms with Gasteiger partial charge in [0.2, 0.25) is 0 Å². The summed E-state index contributed by atoms with van der Waals surface area (Å²) in [6.45, 7) is 0.900. The predicted octanol–water partition coefficient (Wildman–Crippen LogP) is 3.36. The van der Waals surface area contributed by atoms with Gasteiger partial charge in [0.15, 0.2) is 0 Å². The molecule has 2 fully saturated rings. The number of ether oxygens (including phenoxy) is 1. The second-order valence-electron chi connectivity index (χ2n) is 6.70. The number of aromatic nitrogens is 2. The van der Waals surface area contributed by atoms with Crippen molar-refractivity contribution in [2.24, 2.45) is 0 Å². The van der Waals surface area contributed by atoms with Gasteiger partial charge >= 0.3 is 0 Å². The molecule has 0 amide bonds. The monoisotopic (exact) mass is 312 g/mol. The number of benzene rings is 1. The van der Waals surface area contributed by atoms with E-state index in [1.807, 2.05) is 12.4 Å². The summed E-state index contributed by atoms with van der Waals surface area (Å²) in [6.07, 6.45) is 8.27. The Morgan fingerprint density at radius 3 is 2.65 bits per heavy atom. The van der Waals surface area contributed by atoms with E-state index in [1.54, 1.807) is 0 Å². The molecule has 1 aromatic carbocycles. The summed E-state index contributed by atoms with van der Waals surface area (Å²) in [6, 6.07) is 10.5. The van der Waals surface area contributed by atoms with Crippen molar-refractivity contribution in [3.05, 3.63) is 42.4 Å². The van der Waals surface area contributed by atoms with Crippen molar-refractivity contribution in [3.63, 3.8) is 0 Å². The van der Waals surface area contributed by atoms with Crippen LogP contribution in [0.1, 0.15) is 43.8 Å². The molecule has 2 aromatic rings. The van der Waals surface area contributed by atoms with E-state index in [0.29, 0.717) is 6.10 Å². The summed E-state index contributed by atoms with van der Waals surface area (Å²) >= 11 is 0. The first kappa shape index (κ1) is 14.9. The number of aliphatic hydroxyl groups excluding tert-OH is 1. The van der Waals surface area contributed by atoms with Crippen LogP contribution in [-0.2, 0) is 11.2 Å². The van der Waals surface area contributed by atoms with E-state index < -0.39 is 0 Å². The molecule has 122 valence electrons. The molecule has 0 radical (unpaired) electrons. The number of imidazole rings is 1. The van der Waals surface area contributed by atoms with Crippen LogP contribution in [0, 0.1) is 0 Å². The van der Waals surface area contributed by atoms with Crippen molar-refractivity contribution in [2.75, 3.05) is 6.61 Å². The average Bonchev–Trinajstić information content (AvgIpc) is 3.12. The Balaban J connectivity index is 1.66. The number of aliphatic hydroxyl groups is 1. The lowest BCUT2D eigenvalue weighted by molar-refractivity contribution is -0.0543. The van der Waals surface area contributed by atoms with Crippen LogP contribution in [0.5, 0.6) is 0 Å². The summed E-state index contributed by atoms with van der Waals surface area (Å²) in [7, 11) is 0. The van der Waals surface area contributed by atoms with Gasteiger partial charge in [-0.25, -0.2) is 4.98 Å². The maximum absolute atomic E-state index is 10.3. The highest BCUT2D eigenvalue weighted by Gasteiger charge is 2.30. The Kier molecular flexibility index (Phi) is 4.19. The molecule has 1 aromatic heterocycles. The molecule has 0 bridgehead atoms. The third-order valence-electron chi connectivity index (χ3n) is 5.24. The SMILES string of the molecule is O[C@H]1CCCC1n1cnc(-c2ccccc2)c1CCC1CCO1. The predicted molar refractivity (Wildman–Crippen MR) is 89.2 cm³/mol. The van der Waals surface area contributed by atoms with Gasteiger partial charge in [-0.05, 0) is 38.5 Å². The van der Waals surface area contributed by atoms with E-state index in [1.165, 1.54) is 12.1 Å². The molecule has 4 heteroatoms. The lowest BCUT2D eigenvalue weighted by atomic mass is 10.0. The van der Waals surface area contributed by atoms with Crippen molar-refractivity contribution in [2.45, 2.75) is 56.8 Å². The minimum Gasteiger partial charge on any atom is -0.391 e. The fraction of sp³-hybridized carbons (Fsp3) is 0.526. The van der Waals surface area contributed by atoms with Crippen LogP contribution in [0.2, 0.25) is 0 Å². The van der Waals surface area contributed by atoms with Gasteiger partial charge in [0.25, 0.3) is 0 Å². The van der Waals surface area contributed by atoms with Gasteiger partial charge in [-0.2, -0.15) is 0 Å². The fourth-order valence-electron chi connectivity index (χ4n) is 3.81. The molecule has 2 aliphatic rings. The first-order chi connectivity index (χ1) is 11.3. The smallest absolute Gasteiger partial charge is 0.0959 e. The van der Waals surface area contributed by atoms with E-state index in [9.17, 15) is 5.11 Å². The lowest BCUT2D eigenvalue weighted by Gasteiger charge is -2.27. The van der Waals surface area contributed by atoms with Crippen molar-refractivity contribution in [3.8, 4) is 11.3 Å². The Hall–Kier alpha value is -1.65. The van der Waals surface area contributed by atoms with E-state index in [-0.39, 0.29) is 12.1 Å². The summed E-state index contributed by atoms with van der Waals surface area (Å²) in [5, 5.41) is 10.3. The van der Waals surface area contributed by atoms with Crippen molar-refractivity contribution in [1.29, 1.82) is 0 Å². The van der Waals surface area contributed by atoms with Gasteiger partial charge in [-0.1, -0.05) is 30.3 Å². The Morgan fingerprint density at radius 1 is 1.17 bits per heavy atom. The third-order valence-corrected chi connectivity index (χ3v) is 5.24. The van der Waals surface area contributed by atoms with Crippen LogP contribution in [0.25, 0.3) is 11.3 Å². The highest BCUT2D eigenvalue weighted by molar-refractivity contribution is 5.62. The first-order valence-electron chi connectivity index (χ1n) is 8.73. The highest BCUT2D eigenvalue weighted by atomic mass is 16.5. The van der Waals surface area contributed by atoms with Crippen LogP contribution in [-0.4, -0.2) is 33.5 Å². The molecule has 1 saturated carbocycles. The van der Waals surface area contributed by atoms with Crippen LogP contribution >= 0.6 is 0 Å². The number of rotatable bonds is 5. The molecule has 4 nitrogen and oxygen atoms in total. The fourth-order valence-corrected chi connectivity index (χ4v) is 3.81. The molecule has 4 rings (SSSR count). The maximum atomic E-state index is 10.3. The Morgan fingerprint density at radius 2 is 2.00 bits per heavy atom. The van der Waals surface area contributed by atoms with Gasteiger partial charge < -0.3 is 14.4 Å². The number of hydrogen-bond donors (Lipinski definition) is 1. The number of nitrogens with zero attached hydrogens (tertiary/aromatic N) is 2. The van der Waals surface area contributed by atoms with Crippen molar-refractivity contribution >= 4 is 0 Å². The van der Waals surface area contributed by atoms with Crippen LogP contribution in [0.4, 0.5) is 0 Å². The Labute approximate surface area is 137 Å². The highest BCUT2D eigenvalue weighted by Crippen LogP contribution is 2.35. The normalized spacial score (nSPS) is 27.1. The van der Waals surface area contributed by atoms with Gasteiger partial charge in [0, 0.05) is 17.9 Å². The zero-order chi connectivity index (χ0) is 15.6. The molecule has 23 heavy (non-hydrogen) atoms. The molecule has 1 saturated heterocycles. The second kappa shape index (κ2) is 6.46. The van der Waals surface area contributed by atoms with Gasteiger partial charge in [0.1, 0.15) is 0 Å². The zero-order valence-electron chi connectivity index (χ0n) is 13.4. The molecule has 2 heterocycles. The van der Waals surface area contributed by atoms with Crippen LogP contribution in [0.3, 0.4) is 0 Å². The van der Waals surface area contributed by atoms with Gasteiger partial charge in [-0.3, -0.25) is 0 Å². The summed E-state index contributed by atoms with van der Waals surface area (Å²) < 4.78 is 7.82. The summed E-state index contributed by atoms with van der Waals surface area (Å²) in [4.78, 5) is 4.70. The largest absolute Gasteiger partial charge is 0.391 e. The van der Waals surface area contributed by atoms with E-state index in [4.69, 9.17) is 9.72 Å². The van der Waals surface area contributed by atoms with Crippen molar-refractivity contribution < 1.29 is 9.84 Å². The number of hydrogen-bond acceptors (Lipinski definition) is 3. The molecule has 1 aliphatic heterocycles. The quantitative estimate of drug-likeness (QED) is 0.921. The molecular formula is C19H24N2O2. The summed E-state index contributed by atoms with van der Waals surface area (Å²) in [5.41, 5.74) is 3.46. The molecule has 0 spiro atoms. The van der Waals surface area contributed by atoms with E-state index in [0.717, 1.165) is 50.0 Å². The summed E-state index contributed by atoms with van der Waals surface area (Å²) in [5.74, 6) is 0. The van der Waals surface area contributed by atoms with E-state index >= 15 is 0 Å².